The topological polar surface area (TPSA) is 101 Å². The Labute approximate surface area is 145 Å². The molecule has 4 saturated carbocycles. The first-order chi connectivity index (χ1) is 11.4. The first-order valence-corrected chi connectivity index (χ1v) is 10.1. The summed E-state index contributed by atoms with van der Waals surface area (Å²) in [7, 11) is -5.63. The summed E-state index contributed by atoms with van der Waals surface area (Å²) in [5.41, 5.74) is -1.74. The van der Waals surface area contributed by atoms with E-state index in [0.717, 1.165) is 19.3 Å². The lowest BCUT2D eigenvalue weighted by atomic mass is 9.44. The number of halogens is 2. The van der Waals surface area contributed by atoms with E-state index in [2.05, 4.69) is 4.74 Å². The predicted molar refractivity (Wildman–Crippen MR) is 83.3 cm³/mol. The minimum Gasteiger partial charge on any atom is -0.458 e. The SMILES string of the molecule is CCCC1(O)C2CC3CC1CC(C(=O)OCC(F)(F)S(=O)(=O)O)(C3)C2. The van der Waals surface area contributed by atoms with Gasteiger partial charge in [-0.3, -0.25) is 9.35 Å². The molecule has 0 saturated heterocycles. The number of hydrogen-bond acceptors (Lipinski definition) is 5. The van der Waals surface area contributed by atoms with Gasteiger partial charge in [-0.25, -0.2) is 0 Å². The fourth-order valence-electron chi connectivity index (χ4n) is 5.51. The van der Waals surface area contributed by atoms with Gasteiger partial charge >= 0.3 is 21.3 Å². The molecule has 0 aliphatic heterocycles. The molecule has 6 nitrogen and oxygen atoms in total. The quantitative estimate of drug-likeness (QED) is 0.540. The molecule has 2 unspecified atom stereocenters. The summed E-state index contributed by atoms with van der Waals surface area (Å²) in [6, 6.07) is 0. The Kier molecular flexibility index (Phi) is 4.44. The zero-order valence-electron chi connectivity index (χ0n) is 14.1. The van der Waals surface area contributed by atoms with Crippen molar-refractivity contribution in [1.82, 2.24) is 0 Å². The molecule has 0 radical (unpaired) electrons. The average molecular weight is 382 g/mol. The van der Waals surface area contributed by atoms with Crippen LogP contribution < -0.4 is 0 Å². The molecule has 4 aliphatic rings. The lowest BCUT2D eigenvalue weighted by Gasteiger charge is -2.62. The van der Waals surface area contributed by atoms with Crippen molar-refractivity contribution in [3.63, 3.8) is 0 Å². The summed E-state index contributed by atoms with van der Waals surface area (Å²) in [6.45, 7) is 0.302. The molecule has 2 atom stereocenters. The Morgan fingerprint density at radius 3 is 2.28 bits per heavy atom. The zero-order chi connectivity index (χ0) is 18.7. The van der Waals surface area contributed by atoms with Crippen molar-refractivity contribution in [2.75, 3.05) is 6.61 Å². The van der Waals surface area contributed by atoms with Crippen molar-refractivity contribution < 1.29 is 36.4 Å². The molecule has 0 aromatic rings. The third-order valence-electron chi connectivity index (χ3n) is 6.44. The number of carbonyl (C=O) groups is 1. The molecule has 25 heavy (non-hydrogen) atoms. The molecule has 4 aliphatic carbocycles. The van der Waals surface area contributed by atoms with Crippen LogP contribution in [-0.2, 0) is 19.6 Å². The van der Waals surface area contributed by atoms with Gasteiger partial charge in [0.25, 0.3) is 0 Å². The van der Waals surface area contributed by atoms with E-state index in [4.69, 9.17) is 4.55 Å². The van der Waals surface area contributed by atoms with Crippen molar-refractivity contribution in [3.05, 3.63) is 0 Å². The van der Waals surface area contributed by atoms with Crippen LogP contribution in [0, 0.1) is 23.2 Å². The highest BCUT2D eigenvalue weighted by Gasteiger charge is 2.64. The maximum atomic E-state index is 13.3. The second-order valence-corrected chi connectivity index (χ2v) is 9.60. The third kappa shape index (κ3) is 2.98. The van der Waals surface area contributed by atoms with Gasteiger partial charge in [-0.2, -0.15) is 17.2 Å². The van der Waals surface area contributed by atoms with E-state index in [0.29, 0.717) is 25.7 Å². The summed E-state index contributed by atoms with van der Waals surface area (Å²) >= 11 is 0. The van der Waals surface area contributed by atoms with Gasteiger partial charge in [0.15, 0.2) is 6.61 Å². The van der Waals surface area contributed by atoms with Gasteiger partial charge in [-0.05, 0) is 56.3 Å². The van der Waals surface area contributed by atoms with Crippen molar-refractivity contribution in [2.45, 2.75) is 62.7 Å². The van der Waals surface area contributed by atoms with Crippen LogP contribution in [0.15, 0.2) is 0 Å². The molecular formula is C16H24F2O6S. The first kappa shape index (κ1) is 19.0. The van der Waals surface area contributed by atoms with E-state index in [9.17, 15) is 27.1 Å². The Morgan fingerprint density at radius 2 is 1.80 bits per heavy atom. The number of alkyl halides is 2. The maximum absolute atomic E-state index is 13.3. The van der Waals surface area contributed by atoms with Crippen LogP contribution in [0.4, 0.5) is 8.78 Å². The van der Waals surface area contributed by atoms with Gasteiger partial charge in [0.2, 0.25) is 0 Å². The Bertz CT molecular complexity index is 646. The highest BCUT2D eigenvalue weighted by Crippen LogP contribution is 2.64. The highest BCUT2D eigenvalue weighted by molar-refractivity contribution is 7.86. The van der Waals surface area contributed by atoms with Crippen LogP contribution in [0.5, 0.6) is 0 Å². The minimum atomic E-state index is -5.63. The number of rotatable bonds is 6. The van der Waals surface area contributed by atoms with Crippen molar-refractivity contribution >= 4 is 16.1 Å². The Hall–Kier alpha value is -0.800. The van der Waals surface area contributed by atoms with E-state index in [1.165, 1.54) is 0 Å². The van der Waals surface area contributed by atoms with Gasteiger partial charge in [0, 0.05) is 0 Å². The van der Waals surface area contributed by atoms with Gasteiger partial charge in [-0.1, -0.05) is 13.3 Å². The summed E-state index contributed by atoms with van der Waals surface area (Å²) in [5, 5.41) is 6.55. The predicted octanol–water partition coefficient (Wildman–Crippen LogP) is 2.37. The van der Waals surface area contributed by atoms with Gasteiger partial charge < -0.3 is 9.84 Å². The molecule has 0 aromatic heterocycles. The van der Waals surface area contributed by atoms with E-state index < -0.39 is 39.0 Å². The molecule has 0 heterocycles. The van der Waals surface area contributed by atoms with Crippen LogP contribution in [0.3, 0.4) is 0 Å². The highest BCUT2D eigenvalue weighted by atomic mass is 32.2. The van der Waals surface area contributed by atoms with Gasteiger partial charge in [0.05, 0.1) is 11.0 Å². The van der Waals surface area contributed by atoms with Crippen LogP contribution in [-0.4, -0.2) is 41.5 Å². The van der Waals surface area contributed by atoms with Crippen LogP contribution in [0.2, 0.25) is 0 Å². The van der Waals surface area contributed by atoms with E-state index in [-0.39, 0.29) is 17.8 Å². The molecule has 4 bridgehead atoms. The molecule has 4 fully saturated rings. The smallest absolute Gasteiger partial charge is 0.402 e. The largest absolute Gasteiger partial charge is 0.458 e. The van der Waals surface area contributed by atoms with E-state index >= 15 is 0 Å². The lowest BCUT2D eigenvalue weighted by Crippen LogP contribution is -2.63. The fraction of sp³-hybridized carbons (Fsp3) is 0.938. The van der Waals surface area contributed by atoms with Gasteiger partial charge in [0.1, 0.15) is 0 Å². The summed E-state index contributed by atoms with van der Waals surface area (Å²) in [6.07, 6.45) is 4.41. The van der Waals surface area contributed by atoms with Crippen molar-refractivity contribution in [2.24, 2.45) is 23.2 Å². The number of hydrogen-bond donors (Lipinski definition) is 2. The molecule has 144 valence electrons. The minimum absolute atomic E-state index is 0.0617. The molecule has 0 aromatic carbocycles. The number of carbonyl (C=O) groups excluding carboxylic acids is 1. The third-order valence-corrected chi connectivity index (χ3v) is 7.31. The standard InChI is InChI=1S/C16H24F2O6S/c1-2-3-15(20)11-4-10-5-12(15)8-14(6-10,7-11)13(19)24-9-16(17,18)25(21,22)23/h10-12,20H,2-9H2,1H3,(H,21,22,23). The Balaban J connectivity index is 1.75. The summed E-state index contributed by atoms with van der Waals surface area (Å²) in [4.78, 5) is 12.5. The molecule has 9 heteroatoms. The molecule has 4 rings (SSSR count). The monoisotopic (exact) mass is 382 g/mol. The lowest BCUT2D eigenvalue weighted by molar-refractivity contribution is -0.218. The van der Waals surface area contributed by atoms with E-state index in [1.807, 2.05) is 6.92 Å². The average Bonchev–Trinajstić information content (AvgIpc) is 2.49. The number of esters is 1. The maximum Gasteiger partial charge on any atom is 0.402 e. The second-order valence-electron chi connectivity index (χ2n) is 8.05. The molecule has 2 N–H and O–H groups in total. The first-order valence-electron chi connectivity index (χ1n) is 8.68. The second kappa shape index (κ2) is 5.85. The van der Waals surface area contributed by atoms with Crippen LogP contribution >= 0.6 is 0 Å². The molecular weight excluding hydrogens is 358 g/mol. The normalized spacial score (nSPS) is 40.3. The van der Waals surface area contributed by atoms with Crippen molar-refractivity contribution in [3.8, 4) is 0 Å². The molecule has 0 amide bonds. The number of aliphatic hydroxyl groups is 1. The van der Waals surface area contributed by atoms with Crippen molar-refractivity contribution in [1.29, 1.82) is 0 Å². The Morgan fingerprint density at radius 1 is 1.24 bits per heavy atom. The van der Waals surface area contributed by atoms with E-state index in [1.54, 1.807) is 0 Å². The van der Waals surface area contributed by atoms with Gasteiger partial charge in [-0.15, -0.1) is 0 Å². The molecule has 0 spiro atoms. The summed E-state index contributed by atoms with van der Waals surface area (Å²) in [5.74, 6) is -0.709. The van der Waals surface area contributed by atoms with Crippen LogP contribution in [0.25, 0.3) is 0 Å². The fourth-order valence-corrected chi connectivity index (χ4v) is 5.72. The zero-order valence-corrected chi connectivity index (χ0v) is 14.9. The summed E-state index contributed by atoms with van der Waals surface area (Å²) < 4.78 is 61.1. The van der Waals surface area contributed by atoms with Crippen LogP contribution in [0.1, 0.15) is 51.9 Å². The number of ether oxygens (including phenoxy) is 1.